The SMILES string of the molecule is COC1C(O)C(COC2C(O)CC(O)OC2C)OC(OC2CCC3(C)C4CCC5(C)C(C6=CC(=O)OC6)CCC5(O)C4CCC3(O)C2)C1O. The lowest BCUT2D eigenvalue weighted by Crippen LogP contribution is -2.68. The first kappa shape index (κ1) is 36.1. The molecule has 13 nitrogen and oxygen atoms in total. The average Bonchev–Trinajstić information content (AvgIpc) is 3.58. The van der Waals surface area contributed by atoms with Crippen LogP contribution in [0.1, 0.15) is 85.0 Å². The topological polar surface area (TPSA) is 194 Å². The van der Waals surface area contributed by atoms with Gasteiger partial charge in [-0.15, -0.1) is 0 Å². The highest BCUT2D eigenvalue weighted by atomic mass is 16.7. The van der Waals surface area contributed by atoms with Crippen LogP contribution in [0.15, 0.2) is 11.6 Å². The van der Waals surface area contributed by atoms with Gasteiger partial charge in [0.25, 0.3) is 0 Å². The number of aliphatic hydroxyl groups excluding tert-OH is 4. The van der Waals surface area contributed by atoms with Crippen molar-refractivity contribution < 1.29 is 63.9 Å². The second-order valence-corrected chi connectivity index (χ2v) is 16.6. The quantitative estimate of drug-likeness (QED) is 0.164. The number of carbonyl (C=O) groups is 1. The van der Waals surface area contributed by atoms with E-state index >= 15 is 0 Å². The second kappa shape index (κ2) is 13.0. The van der Waals surface area contributed by atoms with Crippen LogP contribution in [0.5, 0.6) is 0 Å². The third-order valence-corrected chi connectivity index (χ3v) is 14.4. The average molecular weight is 697 g/mol. The van der Waals surface area contributed by atoms with Crippen LogP contribution in [-0.2, 0) is 33.2 Å². The maximum atomic E-state index is 12.5. The largest absolute Gasteiger partial charge is 0.458 e. The van der Waals surface area contributed by atoms with E-state index in [-0.39, 0.29) is 42.2 Å². The Balaban J connectivity index is 1.02. The van der Waals surface area contributed by atoms with Crippen LogP contribution in [0.4, 0.5) is 0 Å². The summed E-state index contributed by atoms with van der Waals surface area (Å²) in [5.41, 5.74) is -1.75. The summed E-state index contributed by atoms with van der Waals surface area (Å²) in [5.74, 6) is -0.0462. The van der Waals surface area contributed by atoms with Crippen molar-refractivity contribution in [1.29, 1.82) is 0 Å². The van der Waals surface area contributed by atoms with Crippen molar-refractivity contribution in [3.63, 3.8) is 0 Å². The summed E-state index contributed by atoms with van der Waals surface area (Å²) >= 11 is 0. The Hall–Kier alpha value is -1.23. The summed E-state index contributed by atoms with van der Waals surface area (Å²) in [4.78, 5) is 11.9. The molecule has 0 aromatic rings. The zero-order valence-corrected chi connectivity index (χ0v) is 29.1. The molecule has 0 bridgehead atoms. The molecule has 3 aliphatic heterocycles. The molecule has 6 N–H and O–H groups in total. The van der Waals surface area contributed by atoms with Crippen molar-refractivity contribution in [3.05, 3.63) is 11.6 Å². The zero-order valence-electron chi connectivity index (χ0n) is 29.1. The van der Waals surface area contributed by atoms with Crippen molar-refractivity contribution in [2.24, 2.45) is 28.6 Å². The van der Waals surface area contributed by atoms with Gasteiger partial charge in [-0.3, -0.25) is 0 Å². The number of ether oxygens (including phenoxy) is 6. The summed E-state index contributed by atoms with van der Waals surface area (Å²) < 4.78 is 34.5. The lowest BCUT2D eigenvalue weighted by molar-refractivity contribution is -0.332. The summed E-state index contributed by atoms with van der Waals surface area (Å²) in [5, 5.41) is 67.3. The number of hydrogen-bond acceptors (Lipinski definition) is 13. The summed E-state index contributed by atoms with van der Waals surface area (Å²) in [6.07, 6.45) is -1.89. The minimum atomic E-state index is -1.30. The molecule has 0 radical (unpaired) electrons. The number of hydrogen-bond donors (Lipinski definition) is 6. The van der Waals surface area contributed by atoms with Gasteiger partial charge in [0.15, 0.2) is 12.6 Å². The number of fused-ring (bicyclic) bond motifs is 5. The minimum Gasteiger partial charge on any atom is -0.458 e. The van der Waals surface area contributed by atoms with E-state index < -0.39 is 78.0 Å². The molecule has 2 saturated heterocycles. The Morgan fingerprint density at radius 1 is 0.898 bits per heavy atom. The van der Waals surface area contributed by atoms with E-state index in [2.05, 4.69) is 13.8 Å². The molecule has 49 heavy (non-hydrogen) atoms. The summed E-state index contributed by atoms with van der Waals surface area (Å²) in [6.45, 7) is 6.21. The molecule has 4 aliphatic carbocycles. The number of aliphatic hydroxyl groups is 6. The number of esters is 1. The van der Waals surface area contributed by atoms with Gasteiger partial charge in [0.05, 0.1) is 36.1 Å². The monoisotopic (exact) mass is 696 g/mol. The molecule has 7 rings (SSSR count). The van der Waals surface area contributed by atoms with Crippen molar-refractivity contribution >= 4 is 5.97 Å². The molecule has 0 amide bonds. The predicted octanol–water partition coefficient (Wildman–Crippen LogP) is 1.08. The standard InChI is InChI=1S/C36H56O13/c1-18-30(24(37)14-27(39)47-18)46-17-25-28(40)31(44-4)29(41)32(49-25)48-20-5-9-33(2)22-6-10-34(3)21(19-13-26(38)45-16-19)8-12-36(34,43)23(22)7-11-35(33,42)15-20/h13,18,20-25,27-32,37,39-43H,5-12,14-17H2,1-4H3. The zero-order chi connectivity index (χ0) is 35.1. The highest BCUT2D eigenvalue weighted by Crippen LogP contribution is 2.70. The molecule has 17 unspecified atom stereocenters. The van der Waals surface area contributed by atoms with E-state index in [1.807, 2.05) is 0 Å². The van der Waals surface area contributed by atoms with Crippen molar-refractivity contribution in [2.75, 3.05) is 20.3 Å². The number of rotatable bonds is 7. The molecular weight excluding hydrogens is 640 g/mol. The van der Waals surface area contributed by atoms with Crippen molar-refractivity contribution in [2.45, 2.75) is 158 Å². The summed E-state index contributed by atoms with van der Waals surface area (Å²) in [7, 11) is 1.39. The van der Waals surface area contributed by atoms with Gasteiger partial charge in [0.2, 0.25) is 0 Å². The van der Waals surface area contributed by atoms with Crippen LogP contribution >= 0.6 is 0 Å². The van der Waals surface area contributed by atoms with Crippen LogP contribution in [0.3, 0.4) is 0 Å². The second-order valence-electron chi connectivity index (χ2n) is 16.6. The minimum absolute atomic E-state index is 0.00562. The number of methoxy groups -OCH3 is 1. The Morgan fingerprint density at radius 2 is 1.63 bits per heavy atom. The Kier molecular flexibility index (Phi) is 9.60. The number of cyclic esters (lactones) is 1. The normalized spacial score (nSPS) is 54.4. The van der Waals surface area contributed by atoms with Gasteiger partial charge in [-0.1, -0.05) is 13.8 Å². The number of carbonyl (C=O) groups excluding carboxylic acids is 1. The molecule has 3 heterocycles. The Labute approximate surface area is 287 Å². The molecule has 278 valence electrons. The van der Waals surface area contributed by atoms with E-state index in [0.29, 0.717) is 45.1 Å². The van der Waals surface area contributed by atoms with E-state index in [4.69, 9.17) is 28.4 Å². The molecule has 13 heteroatoms. The van der Waals surface area contributed by atoms with E-state index in [1.54, 1.807) is 13.0 Å². The highest BCUT2D eigenvalue weighted by Gasteiger charge is 2.70. The lowest BCUT2D eigenvalue weighted by Gasteiger charge is -2.66. The van der Waals surface area contributed by atoms with Gasteiger partial charge >= 0.3 is 5.97 Å². The summed E-state index contributed by atoms with van der Waals surface area (Å²) in [6, 6.07) is 0. The lowest BCUT2D eigenvalue weighted by atomic mass is 9.42. The van der Waals surface area contributed by atoms with Gasteiger partial charge < -0.3 is 59.1 Å². The van der Waals surface area contributed by atoms with Gasteiger partial charge in [-0.25, -0.2) is 4.79 Å². The maximum Gasteiger partial charge on any atom is 0.331 e. The smallest absolute Gasteiger partial charge is 0.331 e. The van der Waals surface area contributed by atoms with Crippen LogP contribution in [0.25, 0.3) is 0 Å². The van der Waals surface area contributed by atoms with Gasteiger partial charge in [0, 0.05) is 31.4 Å². The molecule has 17 atom stereocenters. The van der Waals surface area contributed by atoms with Crippen LogP contribution in [0.2, 0.25) is 0 Å². The molecule has 4 saturated carbocycles. The van der Waals surface area contributed by atoms with Crippen molar-refractivity contribution in [3.8, 4) is 0 Å². The molecule has 0 aromatic carbocycles. The maximum absolute atomic E-state index is 12.5. The van der Waals surface area contributed by atoms with E-state index in [9.17, 15) is 35.4 Å². The molecule has 6 fully saturated rings. The fraction of sp³-hybridized carbons (Fsp3) is 0.917. The molecule has 7 aliphatic rings. The van der Waals surface area contributed by atoms with Crippen LogP contribution < -0.4 is 0 Å². The van der Waals surface area contributed by atoms with Gasteiger partial charge in [-0.05, 0) is 87.0 Å². The molecule has 0 spiro atoms. The van der Waals surface area contributed by atoms with Gasteiger partial charge in [0.1, 0.15) is 37.1 Å². The van der Waals surface area contributed by atoms with E-state index in [0.717, 1.165) is 24.8 Å². The first-order valence-corrected chi connectivity index (χ1v) is 18.3. The van der Waals surface area contributed by atoms with Crippen molar-refractivity contribution in [1.82, 2.24) is 0 Å². The third kappa shape index (κ3) is 5.74. The fourth-order valence-corrected chi connectivity index (χ4v) is 11.6. The highest BCUT2D eigenvalue weighted by molar-refractivity contribution is 5.85. The molecular formula is C36H56O13. The molecule has 0 aromatic heterocycles. The van der Waals surface area contributed by atoms with Crippen LogP contribution in [0, 0.1) is 28.6 Å². The third-order valence-electron chi connectivity index (χ3n) is 14.4. The van der Waals surface area contributed by atoms with E-state index in [1.165, 1.54) is 7.11 Å². The Bertz CT molecular complexity index is 1270. The first-order valence-electron chi connectivity index (χ1n) is 18.3. The Morgan fingerprint density at radius 3 is 2.33 bits per heavy atom. The van der Waals surface area contributed by atoms with Gasteiger partial charge in [-0.2, -0.15) is 0 Å². The first-order chi connectivity index (χ1) is 23.1. The fourth-order valence-electron chi connectivity index (χ4n) is 11.6. The predicted molar refractivity (Wildman–Crippen MR) is 170 cm³/mol. The van der Waals surface area contributed by atoms with Crippen LogP contribution in [-0.4, -0.2) is 130 Å².